The third kappa shape index (κ3) is 4.42. The van der Waals surface area contributed by atoms with Gasteiger partial charge in [-0.05, 0) is 24.6 Å². The van der Waals surface area contributed by atoms with Crippen LogP contribution in [-0.2, 0) is 6.54 Å². The zero-order valence-corrected chi connectivity index (χ0v) is 10.1. The number of rotatable bonds is 5. The van der Waals surface area contributed by atoms with E-state index in [0.29, 0.717) is 12.1 Å². The van der Waals surface area contributed by atoms with E-state index in [4.69, 9.17) is 10.8 Å². The van der Waals surface area contributed by atoms with E-state index in [9.17, 15) is 9.59 Å². The molecular formula is C12H17N3O3. The van der Waals surface area contributed by atoms with E-state index < -0.39 is 6.03 Å². The molecule has 6 heteroatoms. The molecule has 1 aromatic rings. The first-order valence-electron chi connectivity index (χ1n) is 5.57. The average Bonchev–Trinajstić information content (AvgIpc) is 2.36. The second-order valence-electron chi connectivity index (χ2n) is 3.97. The maximum absolute atomic E-state index is 11.7. The molecule has 0 aliphatic rings. The monoisotopic (exact) mass is 251 g/mol. The lowest BCUT2D eigenvalue weighted by atomic mass is 10.1. The van der Waals surface area contributed by atoms with E-state index in [2.05, 4.69) is 10.6 Å². The first kappa shape index (κ1) is 14.0. The van der Waals surface area contributed by atoms with E-state index >= 15 is 0 Å². The highest BCUT2D eigenvalue weighted by molar-refractivity contribution is 5.94. The van der Waals surface area contributed by atoms with Crippen LogP contribution >= 0.6 is 0 Å². The van der Waals surface area contributed by atoms with Crippen LogP contribution in [0.15, 0.2) is 24.3 Å². The van der Waals surface area contributed by atoms with Gasteiger partial charge in [-0.1, -0.05) is 12.1 Å². The van der Waals surface area contributed by atoms with Gasteiger partial charge in [0, 0.05) is 18.2 Å². The summed E-state index contributed by atoms with van der Waals surface area (Å²) in [7, 11) is 0. The third-order valence-electron chi connectivity index (χ3n) is 2.33. The van der Waals surface area contributed by atoms with E-state index in [0.717, 1.165) is 5.56 Å². The Hall–Kier alpha value is -2.08. The van der Waals surface area contributed by atoms with Crippen LogP contribution in [0.2, 0.25) is 0 Å². The molecule has 0 fully saturated rings. The van der Waals surface area contributed by atoms with Gasteiger partial charge in [-0.15, -0.1) is 0 Å². The normalized spacial score (nSPS) is 11.7. The lowest BCUT2D eigenvalue weighted by Gasteiger charge is -2.11. The Kier molecular flexibility index (Phi) is 5.13. The number of urea groups is 1. The summed E-state index contributed by atoms with van der Waals surface area (Å²) in [6, 6.07) is 5.89. The van der Waals surface area contributed by atoms with Crippen molar-refractivity contribution in [2.24, 2.45) is 5.73 Å². The first-order chi connectivity index (χ1) is 8.52. The number of aliphatic hydroxyl groups excluding tert-OH is 1. The van der Waals surface area contributed by atoms with Crippen molar-refractivity contribution in [3.05, 3.63) is 35.4 Å². The molecule has 0 heterocycles. The molecule has 1 aromatic carbocycles. The maximum atomic E-state index is 11.7. The lowest BCUT2D eigenvalue weighted by molar-refractivity contribution is 0.0922. The van der Waals surface area contributed by atoms with E-state index in [1.54, 1.807) is 31.2 Å². The van der Waals surface area contributed by atoms with Crippen molar-refractivity contribution in [3.63, 3.8) is 0 Å². The van der Waals surface area contributed by atoms with Gasteiger partial charge in [-0.2, -0.15) is 0 Å². The molecule has 0 aliphatic heterocycles. The highest BCUT2D eigenvalue weighted by atomic mass is 16.3. The quantitative estimate of drug-likeness (QED) is 0.590. The molecule has 0 spiro atoms. The van der Waals surface area contributed by atoms with Crippen LogP contribution in [0.4, 0.5) is 4.79 Å². The molecule has 1 rings (SSSR count). The van der Waals surface area contributed by atoms with Crippen molar-refractivity contribution >= 4 is 11.9 Å². The summed E-state index contributed by atoms with van der Waals surface area (Å²) in [6.45, 7) is 1.93. The van der Waals surface area contributed by atoms with Gasteiger partial charge in [0.05, 0.1) is 6.61 Å². The van der Waals surface area contributed by atoms with Crippen molar-refractivity contribution < 1.29 is 14.7 Å². The van der Waals surface area contributed by atoms with Gasteiger partial charge in [0.25, 0.3) is 5.91 Å². The van der Waals surface area contributed by atoms with Crippen LogP contribution in [0.1, 0.15) is 22.8 Å². The summed E-state index contributed by atoms with van der Waals surface area (Å²) >= 11 is 0. The largest absolute Gasteiger partial charge is 0.394 e. The van der Waals surface area contributed by atoms with Crippen molar-refractivity contribution in [2.45, 2.75) is 19.5 Å². The van der Waals surface area contributed by atoms with Gasteiger partial charge >= 0.3 is 6.03 Å². The van der Waals surface area contributed by atoms with Crippen molar-refractivity contribution in [1.82, 2.24) is 10.6 Å². The number of primary amides is 1. The molecular weight excluding hydrogens is 234 g/mol. The Morgan fingerprint density at radius 1 is 1.33 bits per heavy atom. The van der Waals surface area contributed by atoms with Crippen LogP contribution in [0.25, 0.3) is 0 Å². The topological polar surface area (TPSA) is 104 Å². The van der Waals surface area contributed by atoms with Crippen molar-refractivity contribution in [2.75, 3.05) is 6.61 Å². The minimum absolute atomic E-state index is 0.105. The van der Waals surface area contributed by atoms with Gasteiger partial charge in [-0.25, -0.2) is 4.79 Å². The maximum Gasteiger partial charge on any atom is 0.312 e. The Bertz CT molecular complexity index is 417. The van der Waals surface area contributed by atoms with Crippen LogP contribution in [0.3, 0.4) is 0 Å². The molecule has 0 radical (unpaired) electrons. The molecule has 6 nitrogen and oxygen atoms in total. The zero-order valence-electron chi connectivity index (χ0n) is 10.1. The predicted molar refractivity (Wildman–Crippen MR) is 66.9 cm³/mol. The Labute approximate surface area is 105 Å². The van der Waals surface area contributed by atoms with Crippen molar-refractivity contribution in [3.8, 4) is 0 Å². The lowest BCUT2D eigenvalue weighted by Crippen LogP contribution is -2.35. The molecule has 0 saturated carbocycles. The SMILES string of the molecule is C[C@H](CO)NC(=O)c1ccc(CNC(N)=O)cc1. The number of nitrogens with one attached hydrogen (secondary N) is 2. The standard InChI is InChI=1S/C12H17N3O3/c1-8(7-16)15-11(17)10-4-2-9(3-5-10)6-14-12(13)18/h2-5,8,16H,6-7H2,1H3,(H,15,17)(H3,13,14,18)/t8-/m1/s1. The summed E-state index contributed by atoms with van der Waals surface area (Å²) in [5, 5.41) is 13.9. The number of amides is 3. The molecule has 0 saturated heterocycles. The number of aliphatic hydroxyl groups is 1. The van der Waals surface area contributed by atoms with Crippen LogP contribution in [-0.4, -0.2) is 29.7 Å². The molecule has 18 heavy (non-hydrogen) atoms. The van der Waals surface area contributed by atoms with Crippen LogP contribution in [0, 0.1) is 0 Å². The summed E-state index contributed by atoms with van der Waals surface area (Å²) in [4.78, 5) is 22.2. The minimum atomic E-state index is -0.589. The number of carbonyl (C=O) groups is 2. The smallest absolute Gasteiger partial charge is 0.312 e. The number of carbonyl (C=O) groups excluding carboxylic acids is 2. The highest BCUT2D eigenvalue weighted by Crippen LogP contribution is 2.04. The molecule has 0 bridgehead atoms. The molecule has 98 valence electrons. The van der Waals surface area contributed by atoms with Gasteiger partial charge < -0.3 is 21.5 Å². The number of hydrogen-bond donors (Lipinski definition) is 4. The summed E-state index contributed by atoms with van der Waals surface area (Å²) < 4.78 is 0. The number of nitrogens with two attached hydrogens (primary N) is 1. The Morgan fingerprint density at radius 2 is 1.94 bits per heavy atom. The molecule has 3 amide bonds. The highest BCUT2D eigenvalue weighted by Gasteiger charge is 2.08. The van der Waals surface area contributed by atoms with Gasteiger partial charge in [0.15, 0.2) is 0 Å². The fourth-order valence-electron chi connectivity index (χ4n) is 1.32. The second-order valence-corrected chi connectivity index (χ2v) is 3.97. The summed E-state index contributed by atoms with van der Waals surface area (Å²) in [5.41, 5.74) is 6.30. The fourth-order valence-corrected chi connectivity index (χ4v) is 1.32. The summed E-state index contributed by atoms with van der Waals surface area (Å²) in [6.07, 6.45) is 0. The summed E-state index contributed by atoms with van der Waals surface area (Å²) in [5.74, 6) is -0.244. The van der Waals surface area contributed by atoms with Crippen LogP contribution in [0.5, 0.6) is 0 Å². The van der Waals surface area contributed by atoms with Gasteiger partial charge in [0.2, 0.25) is 0 Å². The zero-order chi connectivity index (χ0) is 13.5. The minimum Gasteiger partial charge on any atom is -0.394 e. The second kappa shape index (κ2) is 6.61. The molecule has 0 unspecified atom stereocenters. The fraction of sp³-hybridized carbons (Fsp3) is 0.333. The Morgan fingerprint density at radius 3 is 2.44 bits per heavy atom. The van der Waals surface area contributed by atoms with E-state index in [1.165, 1.54) is 0 Å². The Balaban J connectivity index is 2.59. The number of benzene rings is 1. The molecule has 1 atom stereocenters. The third-order valence-corrected chi connectivity index (χ3v) is 2.33. The average molecular weight is 251 g/mol. The van der Waals surface area contributed by atoms with E-state index in [1.807, 2.05) is 0 Å². The molecule has 5 N–H and O–H groups in total. The molecule has 0 aromatic heterocycles. The van der Waals surface area contributed by atoms with Crippen molar-refractivity contribution in [1.29, 1.82) is 0 Å². The number of hydrogen-bond acceptors (Lipinski definition) is 3. The molecule has 0 aliphatic carbocycles. The predicted octanol–water partition coefficient (Wildman–Crippen LogP) is -0.0345. The first-order valence-corrected chi connectivity index (χ1v) is 5.57. The van der Waals surface area contributed by atoms with Crippen LogP contribution < -0.4 is 16.4 Å². The van der Waals surface area contributed by atoms with Gasteiger partial charge in [-0.3, -0.25) is 4.79 Å². The van der Waals surface area contributed by atoms with Gasteiger partial charge in [0.1, 0.15) is 0 Å². The van der Waals surface area contributed by atoms with E-state index in [-0.39, 0.29) is 18.6 Å².